The summed E-state index contributed by atoms with van der Waals surface area (Å²) in [6.07, 6.45) is 1.04. The van der Waals surface area contributed by atoms with Gasteiger partial charge in [-0.1, -0.05) is 36.7 Å². The summed E-state index contributed by atoms with van der Waals surface area (Å²) in [6, 6.07) is 12.6. The minimum absolute atomic E-state index is 0.0363. The SMILES string of the molecule is CCCNC(c1ccc(F)cc1)c1cc(Cl)ccc1C. The minimum atomic E-state index is -0.217. The second-order valence-electron chi connectivity index (χ2n) is 4.94. The molecule has 2 aromatic carbocycles. The molecule has 1 nitrogen and oxygen atoms in total. The Balaban J connectivity index is 2.41. The van der Waals surface area contributed by atoms with E-state index in [-0.39, 0.29) is 11.9 Å². The molecular formula is C17H19ClFN. The van der Waals surface area contributed by atoms with Crippen molar-refractivity contribution >= 4 is 11.6 Å². The van der Waals surface area contributed by atoms with E-state index in [1.165, 1.54) is 17.7 Å². The van der Waals surface area contributed by atoms with Crippen molar-refractivity contribution in [1.82, 2.24) is 5.32 Å². The van der Waals surface area contributed by atoms with Crippen LogP contribution in [0.5, 0.6) is 0 Å². The van der Waals surface area contributed by atoms with Gasteiger partial charge in [0.15, 0.2) is 0 Å². The lowest BCUT2D eigenvalue weighted by Gasteiger charge is -2.22. The third-order valence-corrected chi connectivity index (χ3v) is 3.59. The number of aryl methyl sites for hydroxylation is 1. The van der Waals surface area contributed by atoms with Crippen LogP contribution in [0.2, 0.25) is 5.02 Å². The van der Waals surface area contributed by atoms with Crippen molar-refractivity contribution in [2.45, 2.75) is 26.3 Å². The van der Waals surface area contributed by atoms with E-state index in [0.29, 0.717) is 0 Å². The Labute approximate surface area is 124 Å². The van der Waals surface area contributed by atoms with Gasteiger partial charge in [0, 0.05) is 5.02 Å². The summed E-state index contributed by atoms with van der Waals surface area (Å²) in [4.78, 5) is 0. The molecule has 0 fully saturated rings. The molecule has 106 valence electrons. The van der Waals surface area contributed by atoms with Crippen LogP contribution in [0, 0.1) is 12.7 Å². The predicted octanol–water partition coefficient (Wildman–Crippen LogP) is 4.88. The molecule has 0 spiro atoms. The monoisotopic (exact) mass is 291 g/mol. The van der Waals surface area contributed by atoms with Crippen LogP contribution in [0.25, 0.3) is 0 Å². The van der Waals surface area contributed by atoms with E-state index in [0.717, 1.165) is 29.1 Å². The van der Waals surface area contributed by atoms with Gasteiger partial charge in [0.05, 0.1) is 6.04 Å². The van der Waals surface area contributed by atoms with Crippen molar-refractivity contribution in [2.75, 3.05) is 6.54 Å². The summed E-state index contributed by atoms with van der Waals surface area (Å²) in [5.41, 5.74) is 3.36. The highest BCUT2D eigenvalue weighted by Gasteiger charge is 2.16. The van der Waals surface area contributed by atoms with E-state index in [9.17, 15) is 4.39 Å². The Morgan fingerprint density at radius 2 is 1.85 bits per heavy atom. The van der Waals surface area contributed by atoms with Gasteiger partial charge < -0.3 is 5.32 Å². The van der Waals surface area contributed by atoms with Gasteiger partial charge >= 0.3 is 0 Å². The lowest BCUT2D eigenvalue weighted by Crippen LogP contribution is -2.24. The number of halogens is 2. The van der Waals surface area contributed by atoms with Gasteiger partial charge in [-0.05, 0) is 60.8 Å². The van der Waals surface area contributed by atoms with E-state index in [1.54, 1.807) is 0 Å². The number of hydrogen-bond donors (Lipinski definition) is 1. The zero-order chi connectivity index (χ0) is 14.5. The minimum Gasteiger partial charge on any atom is -0.306 e. The maximum absolute atomic E-state index is 13.1. The summed E-state index contributed by atoms with van der Waals surface area (Å²) in [7, 11) is 0. The average molecular weight is 292 g/mol. The molecule has 0 amide bonds. The molecule has 1 N–H and O–H groups in total. The van der Waals surface area contributed by atoms with E-state index in [2.05, 4.69) is 19.2 Å². The topological polar surface area (TPSA) is 12.0 Å². The van der Waals surface area contributed by atoms with Gasteiger partial charge in [-0.25, -0.2) is 4.39 Å². The Bertz CT molecular complexity index is 566. The molecule has 0 aliphatic rings. The van der Waals surface area contributed by atoms with Crippen LogP contribution >= 0.6 is 11.6 Å². The fourth-order valence-electron chi connectivity index (χ4n) is 2.27. The highest BCUT2D eigenvalue weighted by atomic mass is 35.5. The second-order valence-corrected chi connectivity index (χ2v) is 5.38. The van der Waals surface area contributed by atoms with E-state index in [1.807, 2.05) is 30.3 Å². The van der Waals surface area contributed by atoms with Gasteiger partial charge in [-0.3, -0.25) is 0 Å². The maximum Gasteiger partial charge on any atom is 0.123 e. The molecule has 1 atom stereocenters. The maximum atomic E-state index is 13.1. The smallest absolute Gasteiger partial charge is 0.123 e. The average Bonchev–Trinajstić information content (AvgIpc) is 2.44. The van der Waals surface area contributed by atoms with Gasteiger partial charge in [0.25, 0.3) is 0 Å². The van der Waals surface area contributed by atoms with Crippen molar-refractivity contribution in [3.05, 3.63) is 70.0 Å². The molecule has 0 radical (unpaired) electrons. The first-order chi connectivity index (χ1) is 9.61. The summed E-state index contributed by atoms with van der Waals surface area (Å²) in [6.45, 7) is 5.09. The Morgan fingerprint density at radius 1 is 1.15 bits per heavy atom. The zero-order valence-corrected chi connectivity index (χ0v) is 12.5. The van der Waals surface area contributed by atoms with E-state index < -0.39 is 0 Å². The fraction of sp³-hybridized carbons (Fsp3) is 0.294. The fourth-order valence-corrected chi connectivity index (χ4v) is 2.45. The highest BCUT2D eigenvalue weighted by Crippen LogP contribution is 2.27. The van der Waals surface area contributed by atoms with Gasteiger partial charge in [0.2, 0.25) is 0 Å². The summed E-state index contributed by atoms with van der Waals surface area (Å²) in [5.74, 6) is -0.217. The van der Waals surface area contributed by atoms with Gasteiger partial charge in [-0.2, -0.15) is 0 Å². The molecule has 0 heterocycles. The molecule has 0 saturated carbocycles. The third-order valence-electron chi connectivity index (χ3n) is 3.35. The molecular weight excluding hydrogens is 273 g/mol. The molecule has 0 bridgehead atoms. The number of benzene rings is 2. The quantitative estimate of drug-likeness (QED) is 0.828. The van der Waals surface area contributed by atoms with Crippen molar-refractivity contribution in [1.29, 1.82) is 0 Å². The Hall–Kier alpha value is -1.38. The van der Waals surface area contributed by atoms with E-state index >= 15 is 0 Å². The first kappa shape index (κ1) is 15.0. The van der Waals surface area contributed by atoms with Gasteiger partial charge in [-0.15, -0.1) is 0 Å². The van der Waals surface area contributed by atoms with Crippen LogP contribution in [0.4, 0.5) is 4.39 Å². The molecule has 20 heavy (non-hydrogen) atoms. The second kappa shape index (κ2) is 6.87. The molecule has 3 heteroatoms. The van der Waals surface area contributed by atoms with Gasteiger partial charge in [0.1, 0.15) is 5.82 Å². The normalized spacial score (nSPS) is 12.4. The van der Waals surface area contributed by atoms with Crippen LogP contribution < -0.4 is 5.32 Å². The first-order valence-corrected chi connectivity index (χ1v) is 7.24. The summed E-state index contributed by atoms with van der Waals surface area (Å²) in [5, 5.41) is 4.23. The third kappa shape index (κ3) is 3.59. The summed E-state index contributed by atoms with van der Waals surface area (Å²) >= 11 is 6.12. The molecule has 0 aliphatic heterocycles. The highest BCUT2D eigenvalue weighted by molar-refractivity contribution is 6.30. The number of nitrogens with one attached hydrogen (secondary N) is 1. The number of rotatable bonds is 5. The standard InChI is InChI=1S/C17H19ClFN/c1-3-10-20-17(13-5-8-15(19)9-6-13)16-11-14(18)7-4-12(16)2/h4-9,11,17,20H,3,10H2,1-2H3. The van der Waals surface area contributed by atoms with Crippen LogP contribution in [0.3, 0.4) is 0 Å². The van der Waals surface area contributed by atoms with Crippen molar-refractivity contribution < 1.29 is 4.39 Å². The van der Waals surface area contributed by atoms with Crippen LogP contribution in [0.15, 0.2) is 42.5 Å². The molecule has 1 unspecified atom stereocenters. The molecule has 2 aromatic rings. The van der Waals surface area contributed by atoms with E-state index in [4.69, 9.17) is 11.6 Å². The molecule has 2 rings (SSSR count). The molecule has 0 aliphatic carbocycles. The Morgan fingerprint density at radius 3 is 2.50 bits per heavy atom. The zero-order valence-electron chi connectivity index (χ0n) is 11.8. The molecule has 0 aromatic heterocycles. The largest absolute Gasteiger partial charge is 0.306 e. The lowest BCUT2D eigenvalue weighted by molar-refractivity contribution is 0.591. The lowest BCUT2D eigenvalue weighted by atomic mass is 9.95. The molecule has 0 saturated heterocycles. The van der Waals surface area contributed by atoms with Crippen molar-refractivity contribution in [2.24, 2.45) is 0 Å². The van der Waals surface area contributed by atoms with Crippen LogP contribution in [0.1, 0.15) is 36.1 Å². The van der Waals surface area contributed by atoms with Crippen LogP contribution in [-0.2, 0) is 0 Å². The van der Waals surface area contributed by atoms with Crippen molar-refractivity contribution in [3.8, 4) is 0 Å². The number of hydrogen-bond acceptors (Lipinski definition) is 1. The first-order valence-electron chi connectivity index (χ1n) is 6.86. The summed E-state index contributed by atoms with van der Waals surface area (Å²) < 4.78 is 13.1. The van der Waals surface area contributed by atoms with Crippen LogP contribution in [-0.4, -0.2) is 6.54 Å². The predicted molar refractivity (Wildman–Crippen MR) is 82.7 cm³/mol. The van der Waals surface area contributed by atoms with Crippen molar-refractivity contribution in [3.63, 3.8) is 0 Å². The Kier molecular flexibility index (Phi) is 5.16.